The summed E-state index contributed by atoms with van der Waals surface area (Å²) in [6.45, 7) is 2.27. The highest BCUT2D eigenvalue weighted by Crippen LogP contribution is 2.19. The molecule has 102 valence electrons. The van der Waals surface area contributed by atoms with Crippen LogP contribution < -0.4 is 5.32 Å². The quantitative estimate of drug-likeness (QED) is 0.795. The van der Waals surface area contributed by atoms with Gasteiger partial charge >= 0.3 is 0 Å². The van der Waals surface area contributed by atoms with Gasteiger partial charge in [0.1, 0.15) is 11.6 Å². The zero-order chi connectivity index (χ0) is 14.1. The minimum absolute atomic E-state index is 0.267. The lowest BCUT2D eigenvalue weighted by molar-refractivity contribution is 0.627. The first-order chi connectivity index (χ1) is 9.63. The molecule has 0 amide bonds. The van der Waals surface area contributed by atoms with Crippen molar-refractivity contribution in [2.45, 2.75) is 13.5 Å². The minimum atomic E-state index is -0.267. The molecule has 0 saturated heterocycles. The standard InChI is InChI=1S/C14H14FN5/c1-9-18-14(20(2)19-9)17-8-11-7-12(15)6-10-4-3-5-16-13(10)11/h3-7H,8H2,1-2H3,(H,17,18,19). The van der Waals surface area contributed by atoms with Gasteiger partial charge < -0.3 is 5.32 Å². The number of halogens is 1. The molecule has 1 N–H and O–H groups in total. The zero-order valence-corrected chi connectivity index (χ0v) is 11.3. The summed E-state index contributed by atoms with van der Waals surface area (Å²) in [6.07, 6.45) is 1.70. The number of hydrogen-bond donors (Lipinski definition) is 1. The van der Waals surface area contributed by atoms with Crippen molar-refractivity contribution in [2.75, 3.05) is 5.32 Å². The van der Waals surface area contributed by atoms with E-state index in [1.165, 1.54) is 12.1 Å². The molecule has 0 radical (unpaired) electrons. The summed E-state index contributed by atoms with van der Waals surface area (Å²) in [5, 5.41) is 8.10. The van der Waals surface area contributed by atoms with Crippen molar-refractivity contribution in [1.29, 1.82) is 0 Å². The number of rotatable bonds is 3. The lowest BCUT2D eigenvalue weighted by Gasteiger charge is -2.08. The first kappa shape index (κ1) is 12.5. The summed E-state index contributed by atoms with van der Waals surface area (Å²) in [5.74, 6) is 1.07. The molecule has 3 aromatic rings. The van der Waals surface area contributed by atoms with Gasteiger partial charge in [0.05, 0.1) is 5.52 Å². The summed E-state index contributed by atoms with van der Waals surface area (Å²) in [5.41, 5.74) is 1.58. The molecular formula is C14H14FN5. The van der Waals surface area contributed by atoms with E-state index in [0.29, 0.717) is 18.3 Å². The minimum Gasteiger partial charge on any atom is -0.350 e. The molecule has 0 fully saturated rings. The van der Waals surface area contributed by atoms with E-state index in [1.807, 2.05) is 20.0 Å². The van der Waals surface area contributed by atoms with Gasteiger partial charge in [-0.2, -0.15) is 10.1 Å². The number of anilines is 1. The van der Waals surface area contributed by atoms with Crippen LogP contribution >= 0.6 is 0 Å². The third kappa shape index (κ3) is 2.32. The van der Waals surface area contributed by atoms with Crippen molar-refractivity contribution in [3.05, 3.63) is 47.7 Å². The Morgan fingerprint density at radius 1 is 1.35 bits per heavy atom. The van der Waals surface area contributed by atoms with E-state index in [4.69, 9.17) is 0 Å². The molecule has 0 atom stereocenters. The Kier molecular flexibility index (Phi) is 3.06. The van der Waals surface area contributed by atoms with Gasteiger partial charge in [-0.25, -0.2) is 9.07 Å². The van der Waals surface area contributed by atoms with E-state index in [9.17, 15) is 4.39 Å². The number of aromatic nitrogens is 4. The van der Waals surface area contributed by atoms with Gasteiger partial charge in [0.25, 0.3) is 0 Å². The SMILES string of the molecule is Cc1nc(NCc2cc(F)cc3cccnc23)n(C)n1. The van der Waals surface area contributed by atoms with Crippen LogP contribution in [0.4, 0.5) is 10.3 Å². The van der Waals surface area contributed by atoms with E-state index in [0.717, 1.165) is 16.5 Å². The molecule has 1 aromatic carbocycles. The van der Waals surface area contributed by atoms with Crippen molar-refractivity contribution in [3.8, 4) is 0 Å². The van der Waals surface area contributed by atoms with Crippen LogP contribution in [-0.4, -0.2) is 19.7 Å². The molecule has 6 heteroatoms. The van der Waals surface area contributed by atoms with E-state index >= 15 is 0 Å². The Bertz CT molecular complexity index is 765. The molecular weight excluding hydrogens is 257 g/mol. The van der Waals surface area contributed by atoms with E-state index in [2.05, 4.69) is 20.4 Å². The molecule has 2 aromatic heterocycles. The molecule has 0 spiro atoms. The Morgan fingerprint density at radius 3 is 2.95 bits per heavy atom. The van der Waals surface area contributed by atoms with Crippen molar-refractivity contribution < 1.29 is 4.39 Å². The monoisotopic (exact) mass is 271 g/mol. The molecule has 0 aliphatic rings. The molecule has 0 unspecified atom stereocenters. The predicted molar refractivity (Wildman–Crippen MR) is 74.8 cm³/mol. The van der Waals surface area contributed by atoms with Gasteiger partial charge in [-0.15, -0.1) is 0 Å². The van der Waals surface area contributed by atoms with Crippen LogP contribution in [0.2, 0.25) is 0 Å². The first-order valence-corrected chi connectivity index (χ1v) is 6.28. The molecule has 0 bridgehead atoms. The van der Waals surface area contributed by atoms with E-state index < -0.39 is 0 Å². The van der Waals surface area contributed by atoms with E-state index in [1.54, 1.807) is 16.9 Å². The van der Waals surface area contributed by atoms with Crippen LogP contribution in [0.3, 0.4) is 0 Å². The normalized spacial score (nSPS) is 10.9. The average Bonchev–Trinajstić information content (AvgIpc) is 2.74. The van der Waals surface area contributed by atoms with Crippen LogP contribution in [0.1, 0.15) is 11.4 Å². The Morgan fingerprint density at radius 2 is 2.20 bits per heavy atom. The average molecular weight is 271 g/mol. The van der Waals surface area contributed by atoms with Gasteiger partial charge in [0.15, 0.2) is 0 Å². The van der Waals surface area contributed by atoms with Crippen molar-refractivity contribution in [1.82, 2.24) is 19.7 Å². The molecule has 20 heavy (non-hydrogen) atoms. The maximum absolute atomic E-state index is 13.6. The lowest BCUT2D eigenvalue weighted by atomic mass is 10.1. The fourth-order valence-electron chi connectivity index (χ4n) is 2.20. The number of nitrogens with one attached hydrogen (secondary N) is 1. The molecule has 0 aliphatic heterocycles. The van der Waals surface area contributed by atoms with Crippen LogP contribution in [0.25, 0.3) is 10.9 Å². The zero-order valence-electron chi connectivity index (χ0n) is 11.3. The number of nitrogens with zero attached hydrogens (tertiary/aromatic N) is 4. The van der Waals surface area contributed by atoms with E-state index in [-0.39, 0.29) is 5.82 Å². The fraction of sp³-hybridized carbons (Fsp3) is 0.214. The molecule has 0 aliphatic carbocycles. The van der Waals surface area contributed by atoms with Crippen LogP contribution in [-0.2, 0) is 13.6 Å². The topological polar surface area (TPSA) is 55.6 Å². The van der Waals surface area contributed by atoms with Gasteiger partial charge in [-0.05, 0) is 25.1 Å². The number of hydrogen-bond acceptors (Lipinski definition) is 4. The summed E-state index contributed by atoms with van der Waals surface area (Å²) >= 11 is 0. The highest BCUT2D eigenvalue weighted by molar-refractivity contribution is 5.81. The second kappa shape index (κ2) is 4.88. The molecule has 2 heterocycles. The second-order valence-electron chi connectivity index (χ2n) is 4.60. The smallest absolute Gasteiger partial charge is 0.221 e. The van der Waals surface area contributed by atoms with Crippen molar-refractivity contribution in [3.63, 3.8) is 0 Å². The summed E-state index contributed by atoms with van der Waals surface area (Å²) < 4.78 is 15.3. The van der Waals surface area contributed by atoms with Crippen LogP contribution in [0.15, 0.2) is 30.5 Å². The van der Waals surface area contributed by atoms with Crippen molar-refractivity contribution >= 4 is 16.9 Å². The second-order valence-corrected chi connectivity index (χ2v) is 4.60. The van der Waals surface area contributed by atoms with Gasteiger partial charge in [-0.1, -0.05) is 6.07 Å². The lowest BCUT2D eigenvalue weighted by Crippen LogP contribution is -2.06. The fourth-order valence-corrected chi connectivity index (χ4v) is 2.20. The predicted octanol–water partition coefficient (Wildman–Crippen LogP) is 2.42. The Labute approximate surface area is 115 Å². The number of aryl methyl sites for hydroxylation is 2. The number of benzene rings is 1. The highest BCUT2D eigenvalue weighted by atomic mass is 19.1. The maximum Gasteiger partial charge on any atom is 0.221 e. The third-order valence-electron chi connectivity index (χ3n) is 3.05. The van der Waals surface area contributed by atoms with Crippen LogP contribution in [0.5, 0.6) is 0 Å². The molecule has 3 rings (SSSR count). The largest absolute Gasteiger partial charge is 0.350 e. The van der Waals surface area contributed by atoms with Crippen LogP contribution in [0, 0.1) is 12.7 Å². The number of fused-ring (bicyclic) bond motifs is 1. The molecule has 5 nitrogen and oxygen atoms in total. The summed E-state index contributed by atoms with van der Waals surface area (Å²) in [4.78, 5) is 8.57. The van der Waals surface area contributed by atoms with Gasteiger partial charge in [0, 0.05) is 30.7 Å². The first-order valence-electron chi connectivity index (χ1n) is 6.28. The Hall–Kier alpha value is -2.50. The third-order valence-corrected chi connectivity index (χ3v) is 3.05. The maximum atomic E-state index is 13.6. The summed E-state index contributed by atoms with van der Waals surface area (Å²) in [7, 11) is 1.81. The number of pyridine rings is 1. The Balaban J connectivity index is 1.92. The van der Waals surface area contributed by atoms with Crippen molar-refractivity contribution in [2.24, 2.45) is 7.05 Å². The highest BCUT2D eigenvalue weighted by Gasteiger charge is 2.07. The molecule has 0 saturated carbocycles. The van der Waals surface area contributed by atoms with Gasteiger partial charge in [0.2, 0.25) is 5.95 Å². The summed E-state index contributed by atoms with van der Waals surface area (Å²) in [6, 6.07) is 6.62. The van der Waals surface area contributed by atoms with Gasteiger partial charge in [-0.3, -0.25) is 4.98 Å².